The topological polar surface area (TPSA) is 60.9 Å². The van der Waals surface area contributed by atoms with E-state index in [1.807, 2.05) is 37.5 Å². The zero-order valence-corrected chi connectivity index (χ0v) is 13.3. The summed E-state index contributed by atoms with van der Waals surface area (Å²) in [5.74, 6) is -0.380. The minimum absolute atomic E-state index is 0.0239. The van der Waals surface area contributed by atoms with Crippen LogP contribution < -0.4 is 0 Å². The Balaban J connectivity index is 2.74. The number of hydrogen-bond donors (Lipinski definition) is 1. The van der Waals surface area contributed by atoms with Crippen LogP contribution in [0.1, 0.15) is 47.5 Å². The van der Waals surface area contributed by atoms with Crippen LogP contribution in [-0.2, 0) is 9.59 Å². The molecule has 0 aliphatic carbocycles. The molecule has 5 nitrogen and oxygen atoms in total. The second-order valence-corrected chi connectivity index (χ2v) is 6.44. The van der Waals surface area contributed by atoms with Gasteiger partial charge in [0.15, 0.2) is 0 Å². The molecule has 2 atom stereocenters. The number of carbonyl (C=O) groups is 2. The van der Waals surface area contributed by atoms with Gasteiger partial charge in [0, 0.05) is 12.1 Å². The highest BCUT2D eigenvalue weighted by Gasteiger charge is 2.34. The zero-order valence-electron chi connectivity index (χ0n) is 13.3. The molecule has 0 spiro atoms. The van der Waals surface area contributed by atoms with Gasteiger partial charge >= 0.3 is 5.97 Å². The minimum atomic E-state index is -0.815. The molecule has 1 aliphatic rings. The van der Waals surface area contributed by atoms with E-state index in [1.54, 1.807) is 0 Å². The van der Waals surface area contributed by atoms with Crippen molar-refractivity contribution in [2.24, 2.45) is 5.92 Å². The van der Waals surface area contributed by atoms with Crippen LogP contribution in [0, 0.1) is 5.92 Å². The number of carboxylic acids is 1. The van der Waals surface area contributed by atoms with Gasteiger partial charge in [-0.05, 0) is 53.0 Å². The Kier molecular flexibility index (Phi) is 5.99. The molecular weight excluding hydrogens is 256 g/mol. The van der Waals surface area contributed by atoms with Crippen molar-refractivity contribution in [3.63, 3.8) is 0 Å². The van der Waals surface area contributed by atoms with Crippen molar-refractivity contribution in [1.29, 1.82) is 0 Å². The van der Waals surface area contributed by atoms with E-state index < -0.39 is 12.0 Å². The second-order valence-electron chi connectivity index (χ2n) is 6.44. The summed E-state index contributed by atoms with van der Waals surface area (Å²) in [4.78, 5) is 27.5. The van der Waals surface area contributed by atoms with Gasteiger partial charge in [0.25, 0.3) is 0 Å². The maximum absolute atomic E-state index is 12.4. The van der Waals surface area contributed by atoms with Crippen molar-refractivity contribution in [3.8, 4) is 0 Å². The molecule has 1 rings (SSSR count). The predicted molar refractivity (Wildman–Crippen MR) is 78.5 cm³/mol. The number of hydrogen-bond acceptors (Lipinski definition) is 3. The second kappa shape index (κ2) is 7.07. The van der Waals surface area contributed by atoms with Gasteiger partial charge in [-0.2, -0.15) is 0 Å². The molecule has 1 fully saturated rings. The van der Waals surface area contributed by atoms with E-state index in [1.165, 1.54) is 0 Å². The van der Waals surface area contributed by atoms with Crippen molar-refractivity contribution in [3.05, 3.63) is 0 Å². The molecule has 0 saturated carbocycles. The van der Waals surface area contributed by atoms with Gasteiger partial charge in [-0.15, -0.1) is 0 Å². The van der Waals surface area contributed by atoms with Crippen LogP contribution in [-0.4, -0.2) is 58.0 Å². The predicted octanol–water partition coefficient (Wildman–Crippen LogP) is 1.82. The SMILES string of the molecule is CC1CCN(CC(=O)N(C(C)C)C(C)C)C(C(=O)O)C1. The van der Waals surface area contributed by atoms with E-state index in [2.05, 4.69) is 6.92 Å². The number of nitrogens with zero attached hydrogens (tertiary/aromatic N) is 2. The zero-order chi connectivity index (χ0) is 15.4. The van der Waals surface area contributed by atoms with Crippen LogP contribution in [0.4, 0.5) is 0 Å². The van der Waals surface area contributed by atoms with E-state index in [4.69, 9.17) is 0 Å². The third-order valence-corrected chi connectivity index (χ3v) is 4.00. The molecule has 1 aliphatic heterocycles. The molecule has 1 N–H and O–H groups in total. The average Bonchev–Trinajstić information content (AvgIpc) is 2.30. The molecule has 1 amide bonds. The van der Waals surface area contributed by atoms with Crippen LogP contribution in [0.15, 0.2) is 0 Å². The number of carboxylic acid groups (broad SMARTS) is 1. The van der Waals surface area contributed by atoms with Gasteiger partial charge in [0.1, 0.15) is 6.04 Å². The molecule has 0 aromatic rings. The van der Waals surface area contributed by atoms with Gasteiger partial charge in [0.05, 0.1) is 6.54 Å². The van der Waals surface area contributed by atoms with Crippen LogP contribution >= 0.6 is 0 Å². The highest BCUT2D eigenvalue weighted by Crippen LogP contribution is 2.23. The molecule has 1 saturated heterocycles. The molecule has 2 unspecified atom stereocenters. The van der Waals surface area contributed by atoms with Gasteiger partial charge in [-0.25, -0.2) is 0 Å². The molecule has 0 aromatic carbocycles. The standard InChI is InChI=1S/C15H28N2O3/c1-10(2)17(11(3)4)14(18)9-16-7-6-12(5)8-13(16)15(19)20/h10-13H,6-9H2,1-5H3,(H,19,20). The number of amides is 1. The first kappa shape index (κ1) is 17.0. The summed E-state index contributed by atoms with van der Waals surface area (Å²) in [5, 5.41) is 9.33. The molecule has 1 heterocycles. The molecular formula is C15H28N2O3. The summed E-state index contributed by atoms with van der Waals surface area (Å²) in [6.07, 6.45) is 1.59. The van der Waals surface area contributed by atoms with Crippen LogP contribution in [0.5, 0.6) is 0 Å². The number of aliphatic carboxylic acids is 1. The Bertz CT molecular complexity index is 347. The number of likely N-dealkylation sites (tertiary alicyclic amines) is 1. The van der Waals surface area contributed by atoms with E-state index >= 15 is 0 Å². The van der Waals surface area contributed by atoms with Gasteiger partial charge in [-0.3, -0.25) is 14.5 Å². The van der Waals surface area contributed by atoms with Crippen molar-refractivity contribution < 1.29 is 14.7 Å². The van der Waals surface area contributed by atoms with Gasteiger partial charge < -0.3 is 10.0 Å². The molecule has 20 heavy (non-hydrogen) atoms. The largest absolute Gasteiger partial charge is 0.480 e. The number of piperidine rings is 1. The van der Waals surface area contributed by atoms with Crippen molar-refractivity contribution in [2.45, 2.75) is 65.6 Å². The lowest BCUT2D eigenvalue weighted by Crippen LogP contribution is -2.53. The quantitative estimate of drug-likeness (QED) is 0.836. The Morgan fingerprint density at radius 1 is 1.25 bits per heavy atom. The van der Waals surface area contributed by atoms with Gasteiger partial charge in [0.2, 0.25) is 5.91 Å². The van der Waals surface area contributed by atoms with Crippen molar-refractivity contribution >= 4 is 11.9 Å². The van der Waals surface area contributed by atoms with E-state index in [9.17, 15) is 14.7 Å². The summed E-state index contributed by atoms with van der Waals surface area (Å²) in [7, 11) is 0. The lowest BCUT2D eigenvalue weighted by Gasteiger charge is -2.38. The Hall–Kier alpha value is -1.10. The highest BCUT2D eigenvalue weighted by atomic mass is 16.4. The smallest absolute Gasteiger partial charge is 0.320 e. The third kappa shape index (κ3) is 4.20. The van der Waals surface area contributed by atoms with E-state index in [0.29, 0.717) is 18.9 Å². The Labute approximate surface area is 121 Å². The first-order valence-corrected chi connectivity index (χ1v) is 7.52. The minimum Gasteiger partial charge on any atom is -0.480 e. The molecule has 116 valence electrons. The summed E-state index contributed by atoms with van der Waals surface area (Å²) in [6, 6.07) is -0.257. The Morgan fingerprint density at radius 2 is 1.80 bits per heavy atom. The van der Waals surface area contributed by atoms with Crippen LogP contribution in [0.3, 0.4) is 0 Å². The average molecular weight is 284 g/mol. The lowest BCUT2D eigenvalue weighted by molar-refractivity contribution is -0.147. The summed E-state index contributed by atoms with van der Waals surface area (Å²) >= 11 is 0. The fourth-order valence-electron chi connectivity index (χ4n) is 3.06. The fourth-order valence-corrected chi connectivity index (χ4v) is 3.06. The Morgan fingerprint density at radius 3 is 2.25 bits per heavy atom. The van der Waals surface area contributed by atoms with Crippen LogP contribution in [0.2, 0.25) is 0 Å². The van der Waals surface area contributed by atoms with Gasteiger partial charge in [-0.1, -0.05) is 6.92 Å². The maximum Gasteiger partial charge on any atom is 0.320 e. The first-order valence-electron chi connectivity index (χ1n) is 7.52. The maximum atomic E-state index is 12.4. The molecule has 0 bridgehead atoms. The fraction of sp³-hybridized carbons (Fsp3) is 0.867. The third-order valence-electron chi connectivity index (χ3n) is 4.00. The van der Waals surface area contributed by atoms with E-state index in [0.717, 1.165) is 6.42 Å². The molecule has 0 aromatic heterocycles. The lowest BCUT2D eigenvalue weighted by atomic mass is 9.92. The molecule has 0 radical (unpaired) electrons. The van der Waals surface area contributed by atoms with Crippen molar-refractivity contribution in [1.82, 2.24) is 9.80 Å². The summed E-state index contributed by atoms with van der Waals surface area (Å²) < 4.78 is 0. The highest BCUT2D eigenvalue weighted by molar-refractivity contribution is 5.80. The summed E-state index contributed by atoms with van der Waals surface area (Å²) in [6.45, 7) is 10.9. The first-order chi connectivity index (χ1) is 9.23. The number of carbonyl (C=O) groups excluding carboxylic acids is 1. The molecule has 5 heteroatoms. The normalized spacial score (nSPS) is 24.1. The summed E-state index contributed by atoms with van der Waals surface area (Å²) in [5.41, 5.74) is 0. The number of rotatable bonds is 5. The van der Waals surface area contributed by atoms with E-state index in [-0.39, 0.29) is 24.5 Å². The van der Waals surface area contributed by atoms with Crippen LogP contribution in [0.25, 0.3) is 0 Å². The monoisotopic (exact) mass is 284 g/mol. The van der Waals surface area contributed by atoms with Crippen molar-refractivity contribution in [2.75, 3.05) is 13.1 Å².